The summed E-state index contributed by atoms with van der Waals surface area (Å²) in [5.41, 5.74) is 0. The number of nitrogens with one attached hydrogen (secondary N) is 1. The summed E-state index contributed by atoms with van der Waals surface area (Å²) in [5.74, 6) is 0. The van der Waals surface area contributed by atoms with Crippen molar-refractivity contribution in [1.82, 2.24) is 10.2 Å². The zero-order valence-corrected chi connectivity index (χ0v) is 8.88. The third-order valence-corrected chi connectivity index (χ3v) is 2.51. The van der Waals surface area contributed by atoms with Gasteiger partial charge in [0.25, 0.3) is 0 Å². The minimum absolute atomic E-state index is 0.666. The van der Waals surface area contributed by atoms with Crippen molar-refractivity contribution < 1.29 is 4.74 Å². The van der Waals surface area contributed by atoms with Crippen LogP contribution in [0.2, 0.25) is 0 Å². The smallest absolute Gasteiger partial charge is 0.0593 e. The van der Waals surface area contributed by atoms with Gasteiger partial charge in [-0.1, -0.05) is 6.92 Å². The van der Waals surface area contributed by atoms with Gasteiger partial charge < -0.3 is 10.1 Å². The minimum atomic E-state index is 0.666. The highest BCUT2D eigenvalue weighted by atomic mass is 16.5. The Bertz CT molecular complexity index is 130. The van der Waals surface area contributed by atoms with E-state index in [1.165, 1.54) is 0 Å². The van der Waals surface area contributed by atoms with E-state index in [-0.39, 0.29) is 0 Å². The van der Waals surface area contributed by atoms with Crippen LogP contribution in [0.25, 0.3) is 0 Å². The van der Waals surface area contributed by atoms with Crippen molar-refractivity contribution in [3.8, 4) is 0 Å². The van der Waals surface area contributed by atoms with Crippen LogP contribution in [-0.4, -0.2) is 50.3 Å². The van der Waals surface area contributed by atoms with Crippen molar-refractivity contribution >= 4 is 0 Å². The standard InChI is InChI=1S/C10H22N2O/c1-3-7-13-8-6-12-5-4-11-9-10(12)2/h10-11H,3-9H2,1-2H3/t10-/m1/s1. The predicted octanol–water partition coefficient (Wildman–Crippen LogP) is 0.707. The maximum atomic E-state index is 5.47. The van der Waals surface area contributed by atoms with Crippen LogP contribution in [0.4, 0.5) is 0 Å². The second kappa shape index (κ2) is 6.35. The van der Waals surface area contributed by atoms with Crippen LogP contribution >= 0.6 is 0 Å². The quantitative estimate of drug-likeness (QED) is 0.640. The van der Waals surface area contributed by atoms with Crippen molar-refractivity contribution in [2.75, 3.05) is 39.4 Å². The van der Waals surface area contributed by atoms with Crippen molar-refractivity contribution in [2.24, 2.45) is 0 Å². The number of rotatable bonds is 5. The molecular formula is C10H22N2O. The summed E-state index contributed by atoms with van der Waals surface area (Å²) in [4.78, 5) is 2.49. The van der Waals surface area contributed by atoms with Gasteiger partial charge in [-0.15, -0.1) is 0 Å². The molecule has 0 aromatic rings. The van der Waals surface area contributed by atoms with Gasteiger partial charge in [0, 0.05) is 38.8 Å². The van der Waals surface area contributed by atoms with E-state index >= 15 is 0 Å². The lowest BCUT2D eigenvalue weighted by atomic mass is 10.2. The Kier molecular flexibility index (Phi) is 5.35. The topological polar surface area (TPSA) is 24.5 Å². The van der Waals surface area contributed by atoms with Crippen LogP contribution in [0.15, 0.2) is 0 Å². The zero-order valence-electron chi connectivity index (χ0n) is 8.88. The first-order valence-corrected chi connectivity index (χ1v) is 5.37. The van der Waals surface area contributed by atoms with E-state index in [1.807, 2.05) is 0 Å². The molecule has 78 valence electrons. The Morgan fingerprint density at radius 2 is 2.31 bits per heavy atom. The minimum Gasteiger partial charge on any atom is -0.380 e. The van der Waals surface area contributed by atoms with Crippen LogP contribution in [0.1, 0.15) is 20.3 Å². The second-order valence-corrected chi connectivity index (χ2v) is 3.70. The van der Waals surface area contributed by atoms with Crippen molar-refractivity contribution in [3.63, 3.8) is 0 Å². The molecule has 1 aliphatic rings. The fourth-order valence-electron chi connectivity index (χ4n) is 1.64. The van der Waals surface area contributed by atoms with E-state index in [4.69, 9.17) is 4.74 Å². The van der Waals surface area contributed by atoms with Crippen molar-refractivity contribution in [1.29, 1.82) is 0 Å². The summed E-state index contributed by atoms with van der Waals surface area (Å²) >= 11 is 0. The molecule has 0 aliphatic carbocycles. The Morgan fingerprint density at radius 1 is 1.46 bits per heavy atom. The highest BCUT2D eigenvalue weighted by Gasteiger charge is 2.16. The number of hydrogen-bond donors (Lipinski definition) is 1. The monoisotopic (exact) mass is 186 g/mol. The highest BCUT2D eigenvalue weighted by Crippen LogP contribution is 2.01. The summed E-state index contributed by atoms with van der Waals surface area (Å²) in [6, 6.07) is 0.666. The Labute approximate surface area is 81.4 Å². The molecule has 3 heteroatoms. The van der Waals surface area contributed by atoms with Gasteiger partial charge in [-0.2, -0.15) is 0 Å². The molecule has 1 saturated heterocycles. The number of hydrogen-bond acceptors (Lipinski definition) is 3. The van der Waals surface area contributed by atoms with Crippen molar-refractivity contribution in [2.45, 2.75) is 26.3 Å². The first-order chi connectivity index (χ1) is 6.34. The van der Waals surface area contributed by atoms with Crippen LogP contribution in [-0.2, 0) is 4.74 Å². The normalized spacial score (nSPS) is 24.9. The van der Waals surface area contributed by atoms with Gasteiger partial charge in [0.2, 0.25) is 0 Å². The molecule has 1 heterocycles. The summed E-state index contributed by atoms with van der Waals surface area (Å²) in [6.07, 6.45) is 1.12. The van der Waals surface area contributed by atoms with Crippen LogP contribution in [0, 0.1) is 0 Å². The number of nitrogens with zero attached hydrogens (tertiary/aromatic N) is 1. The molecule has 1 fully saturated rings. The van der Waals surface area contributed by atoms with E-state index in [0.717, 1.165) is 45.8 Å². The van der Waals surface area contributed by atoms with Crippen LogP contribution in [0.3, 0.4) is 0 Å². The molecule has 1 atom stereocenters. The number of piperazine rings is 1. The molecule has 1 N–H and O–H groups in total. The van der Waals surface area contributed by atoms with Crippen molar-refractivity contribution in [3.05, 3.63) is 0 Å². The highest BCUT2D eigenvalue weighted by molar-refractivity contribution is 4.75. The molecule has 3 nitrogen and oxygen atoms in total. The molecule has 1 rings (SSSR count). The number of ether oxygens (including phenoxy) is 1. The fraction of sp³-hybridized carbons (Fsp3) is 1.00. The molecule has 13 heavy (non-hydrogen) atoms. The molecule has 1 aliphatic heterocycles. The Hall–Kier alpha value is -0.120. The van der Waals surface area contributed by atoms with Gasteiger partial charge in [0.1, 0.15) is 0 Å². The van der Waals surface area contributed by atoms with E-state index in [9.17, 15) is 0 Å². The summed E-state index contributed by atoms with van der Waals surface area (Å²) in [7, 11) is 0. The van der Waals surface area contributed by atoms with Crippen LogP contribution < -0.4 is 5.32 Å². The maximum Gasteiger partial charge on any atom is 0.0593 e. The first-order valence-electron chi connectivity index (χ1n) is 5.37. The van der Waals surface area contributed by atoms with Gasteiger partial charge in [-0.3, -0.25) is 4.90 Å². The van der Waals surface area contributed by atoms with E-state index in [0.29, 0.717) is 6.04 Å². The van der Waals surface area contributed by atoms with Gasteiger partial charge in [-0.05, 0) is 13.3 Å². The second-order valence-electron chi connectivity index (χ2n) is 3.70. The zero-order chi connectivity index (χ0) is 9.52. The molecule has 0 aromatic carbocycles. The third kappa shape index (κ3) is 4.07. The lowest BCUT2D eigenvalue weighted by molar-refractivity contribution is 0.0815. The third-order valence-electron chi connectivity index (χ3n) is 2.51. The molecule has 0 amide bonds. The van der Waals surface area contributed by atoms with Crippen LogP contribution in [0.5, 0.6) is 0 Å². The SMILES string of the molecule is CCCOCCN1CCNC[C@H]1C. The lowest BCUT2D eigenvalue weighted by Gasteiger charge is -2.33. The summed E-state index contributed by atoms with van der Waals surface area (Å²) in [5, 5.41) is 3.38. The van der Waals surface area contributed by atoms with E-state index in [1.54, 1.807) is 0 Å². The first kappa shape index (κ1) is 11.0. The predicted molar refractivity (Wildman–Crippen MR) is 55.0 cm³/mol. The van der Waals surface area contributed by atoms with E-state index in [2.05, 4.69) is 24.1 Å². The average molecular weight is 186 g/mol. The molecule has 0 unspecified atom stereocenters. The Morgan fingerprint density at radius 3 is 3.00 bits per heavy atom. The maximum absolute atomic E-state index is 5.47. The summed E-state index contributed by atoms with van der Waals surface area (Å²) in [6.45, 7) is 10.7. The molecule has 0 aromatic heterocycles. The molecule has 0 spiro atoms. The van der Waals surface area contributed by atoms with E-state index < -0.39 is 0 Å². The summed E-state index contributed by atoms with van der Waals surface area (Å²) < 4.78 is 5.47. The largest absolute Gasteiger partial charge is 0.380 e. The molecule has 0 bridgehead atoms. The van der Waals surface area contributed by atoms with Gasteiger partial charge in [0.15, 0.2) is 0 Å². The van der Waals surface area contributed by atoms with Gasteiger partial charge in [-0.25, -0.2) is 0 Å². The average Bonchev–Trinajstić information content (AvgIpc) is 2.15. The van der Waals surface area contributed by atoms with Gasteiger partial charge >= 0.3 is 0 Å². The fourth-order valence-corrected chi connectivity index (χ4v) is 1.64. The lowest BCUT2D eigenvalue weighted by Crippen LogP contribution is -2.50. The molecule has 0 radical (unpaired) electrons. The van der Waals surface area contributed by atoms with Gasteiger partial charge in [0.05, 0.1) is 6.61 Å². The Balaban J connectivity index is 2.05. The molecule has 0 saturated carbocycles. The molecular weight excluding hydrogens is 164 g/mol.